The molecule has 6 amide bonds. The second kappa shape index (κ2) is 20.0. The fourth-order valence-corrected chi connectivity index (χ4v) is 7.54. The first-order valence-electron chi connectivity index (χ1n) is 21.5. The Kier molecular flexibility index (Phi) is 16.4. The van der Waals surface area contributed by atoms with Gasteiger partial charge in [0.1, 0.15) is 29.3 Å². The summed E-state index contributed by atoms with van der Waals surface area (Å²) < 4.78 is 13.2. The Labute approximate surface area is 377 Å². The summed E-state index contributed by atoms with van der Waals surface area (Å²) in [4.78, 5) is 115. The molecule has 0 saturated carbocycles. The number of rotatable bonds is 15. The van der Waals surface area contributed by atoms with Crippen molar-refractivity contribution in [2.75, 3.05) is 14.1 Å². The molecular weight excluding hydrogens is 825 g/mol. The van der Waals surface area contributed by atoms with Crippen molar-refractivity contribution in [1.82, 2.24) is 30.1 Å². The fourth-order valence-electron chi connectivity index (χ4n) is 7.54. The van der Waals surface area contributed by atoms with Gasteiger partial charge >= 0.3 is 18.0 Å². The minimum atomic E-state index is -1.57. The fraction of sp³-hybridized carbons (Fsp3) is 0.617. The molecule has 17 heteroatoms. The minimum absolute atomic E-state index is 0.0809. The Balaban J connectivity index is 1.98. The van der Waals surface area contributed by atoms with Gasteiger partial charge in [-0.25, -0.2) is 14.4 Å². The van der Waals surface area contributed by atoms with Crippen LogP contribution in [-0.2, 0) is 60.3 Å². The number of amides is 6. The number of aryl methyl sites for hydroxylation is 1. The molecule has 0 aliphatic carbocycles. The van der Waals surface area contributed by atoms with Gasteiger partial charge in [0.25, 0.3) is 11.8 Å². The summed E-state index contributed by atoms with van der Waals surface area (Å²) in [5.41, 5.74) is -1.94. The highest BCUT2D eigenvalue weighted by atomic mass is 16.7. The highest BCUT2D eigenvalue weighted by molar-refractivity contribution is 6.02. The van der Waals surface area contributed by atoms with E-state index in [9.17, 15) is 38.4 Å². The van der Waals surface area contributed by atoms with Crippen molar-refractivity contribution >= 4 is 58.5 Å². The number of carbonyl (C=O) groups excluding carboxylic acids is 8. The topological polar surface area (TPSA) is 203 Å². The van der Waals surface area contributed by atoms with E-state index in [1.165, 1.54) is 23.8 Å². The minimum Gasteiger partial charge on any atom is -0.458 e. The number of likely N-dealkylation sites (N-methyl/N-ethyl adjacent to an activating group) is 2. The molecule has 0 radical (unpaired) electrons. The van der Waals surface area contributed by atoms with Crippen LogP contribution in [0.5, 0.6) is 0 Å². The summed E-state index contributed by atoms with van der Waals surface area (Å²) in [5, 5.41) is 6.77. The number of esters is 1. The molecule has 0 spiro atoms. The molecule has 3 rings (SSSR count). The van der Waals surface area contributed by atoms with Crippen LogP contribution in [0.1, 0.15) is 122 Å². The van der Waals surface area contributed by atoms with E-state index in [4.69, 9.17) is 14.3 Å². The molecule has 1 aromatic heterocycles. The van der Waals surface area contributed by atoms with Gasteiger partial charge in [-0.3, -0.25) is 28.9 Å². The molecule has 354 valence electrons. The number of nitrogens with one attached hydrogen (secondary N) is 2. The lowest BCUT2D eigenvalue weighted by Crippen LogP contribution is -2.63. The molecular formula is C47H70N6O11. The number of hydrogen-bond acceptors (Lipinski definition) is 11. The molecule has 1 aliphatic heterocycles. The number of hydroxylamine groups is 2. The van der Waals surface area contributed by atoms with Gasteiger partial charge in [0.2, 0.25) is 17.7 Å². The van der Waals surface area contributed by atoms with E-state index >= 15 is 0 Å². The first-order chi connectivity index (χ1) is 29.2. The number of fused-ring (bicyclic) bond motifs is 1. The number of para-hydroxylation sites is 1. The van der Waals surface area contributed by atoms with Crippen LogP contribution in [0.4, 0.5) is 4.79 Å². The zero-order chi connectivity index (χ0) is 49.0. The number of ether oxygens (including phenoxy) is 2. The molecule has 0 unspecified atom stereocenters. The van der Waals surface area contributed by atoms with E-state index in [1.54, 1.807) is 54.7 Å². The van der Waals surface area contributed by atoms with Crippen molar-refractivity contribution in [1.29, 1.82) is 0 Å². The van der Waals surface area contributed by atoms with Crippen LogP contribution in [0.3, 0.4) is 0 Å². The second-order valence-electron chi connectivity index (χ2n) is 20.5. The molecule has 2 heterocycles. The van der Waals surface area contributed by atoms with E-state index in [0.717, 1.165) is 16.5 Å². The van der Waals surface area contributed by atoms with Crippen molar-refractivity contribution in [2.45, 2.75) is 157 Å². The van der Waals surface area contributed by atoms with Crippen LogP contribution in [0.2, 0.25) is 0 Å². The van der Waals surface area contributed by atoms with Gasteiger partial charge in [-0.05, 0) is 71.4 Å². The molecule has 0 bridgehead atoms. The Morgan fingerprint density at radius 2 is 1.36 bits per heavy atom. The number of carbonyl (C=O) groups is 8. The highest BCUT2D eigenvalue weighted by Gasteiger charge is 2.47. The van der Waals surface area contributed by atoms with Gasteiger partial charge in [-0.1, -0.05) is 72.7 Å². The summed E-state index contributed by atoms with van der Waals surface area (Å²) in [5.74, 6) is -5.62. The third-order valence-electron chi connectivity index (χ3n) is 10.8. The Bertz CT molecular complexity index is 2130. The summed E-state index contributed by atoms with van der Waals surface area (Å²) in [6, 6.07) is 3.14. The summed E-state index contributed by atoms with van der Waals surface area (Å²) in [6.45, 7) is 24.4. The molecule has 2 N–H and O–H groups in total. The van der Waals surface area contributed by atoms with E-state index in [-0.39, 0.29) is 24.3 Å². The molecule has 1 aromatic carbocycles. The molecule has 2 aromatic rings. The molecule has 17 nitrogen and oxygen atoms in total. The first-order valence-corrected chi connectivity index (χ1v) is 21.5. The summed E-state index contributed by atoms with van der Waals surface area (Å²) in [6.07, 6.45) is 1.74. The maximum absolute atomic E-state index is 14.9. The zero-order valence-corrected chi connectivity index (χ0v) is 40.8. The molecule has 1 aliphatic rings. The third-order valence-corrected chi connectivity index (χ3v) is 10.8. The number of benzene rings is 1. The van der Waals surface area contributed by atoms with Gasteiger partial charge in [-0.15, -0.1) is 5.06 Å². The largest absolute Gasteiger partial charge is 0.458 e. The monoisotopic (exact) mass is 895 g/mol. The van der Waals surface area contributed by atoms with E-state index in [1.807, 2.05) is 90.5 Å². The van der Waals surface area contributed by atoms with Gasteiger partial charge in [0.05, 0.1) is 12.5 Å². The lowest BCUT2D eigenvalue weighted by molar-refractivity contribution is -0.198. The molecule has 4 atom stereocenters. The van der Waals surface area contributed by atoms with Crippen molar-refractivity contribution < 1.29 is 52.7 Å². The van der Waals surface area contributed by atoms with Crippen molar-refractivity contribution in [2.24, 2.45) is 18.4 Å². The zero-order valence-electron chi connectivity index (χ0n) is 40.8. The maximum atomic E-state index is 14.9. The molecule has 64 heavy (non-hydrogen) atoms. The van der Waals surface area contributed by atoms with Crippen molar-refractivity contribution in [3.8, 4) is 0 Å². The van der Waals surface area contributed by atoms with Gasteiger partial charge in [0.15, 0.2) is 0 Å². The lowest BCUT2D eigenvalue weighted by atomic mass is 9.76. The SMILES string of the molecule is C/C(=C\[C@H](C(C)C)N(C)C(=O)[C@@H](NC(=O)[C@@H](N(C)C(=O)OC(C)(C)C)C(C)(C)c1cn(C)c2ccccc12)C(C)(C)C)C(=O)N[C@H](CC(=O)ON1C(=O)CCC1=O)C(=O)OC(C)(C)C. The van der Waals surface area contributed by atoms with Gasteiger partial charge < -0.3 is 34.4 Å². The van der Waals surface area contributed by atoms with Crippen molar-refractivity contribution in [3.63, 3.8) is 0 Å². The van der Waals surface area contributed by atoms with Crippen LogP contribution in [0.25, 0.3) is 10.9 Å². The van der Waals surface area contributed by atoms with Crippen LogP contribution in [0, 0.1) is 11.3 Å². The summed E-state index contributed by atoms with van der Waals surface area (Å²) in [7, 11) is 4.97. The number of imide groups is 1. The van der Waals surface area contributed by atoms with Gasteiger partial charge in [0, 0.05) is 62.1 Å². The second-order valence-corrected chi connectivity index (χ2v) is 20.5. The number of hydrogen-bond donors (Lipinski definition) is 2. The standard InChI is InChI=1S/C47H70N6O11/c1-27(2)33(24-28(3)39(57)48-31(42(60)62-45(7,8)9)25-36(56)64-53-34(54)22-23-35(53)55)51(16)41(59)37(44(4,5)6)49-40(58)38(52(17)43(61)63-46(10,11)12)47(13,14)30-26-50(15)32-21-19-18-20-29(30)32/h18-21,24,26-27,31,33,37-38H,22-23,25H2,1-17H3,(H,48,57)(H,49,58)/b28-24+/t31-,33-,37-,38-/m1/s1. The Hall–Kier alpha value is -5.74. The smallest absolute Gasteiger partial charge is 0.410 e. The third kappa shape index (κ3) is 13.2. The van der Waals surface area contributed by atoms with E-state index in [0.29, 0.717) is 5.06 Å². The number of aromatic nitrogens is 1. The lowest BCUT2D eigenvalue weighted by Gasteiger charge is -2.42. The predicted molar refractivity (Wildman–Crippen MR) is 240 cm³/mol. The molecule has 1 saturated heterocycles. The number of nitrogens with zero attached hydrogens (tertiary/aromatic N) is 4. The summed E-state index contributed by atoms with van der Waals surface area (Å²) >= 11 is 0. The highest BCUT2D eigenvalue weighted by Crippen LogP contribution is 2.37. The normalized spacial score (nSPS) is 15.9. The quantitative estimate of drug-likeness (QED) is 0.130. The predicted octanol–water partition coefficient (Wildman–Crippen LogP) is 5.48. The van der Waals surface area contributed by atoms with Gasteiger partial charge in [-0.2, -0.15) is 0 Å². The van der Waals surface area contributed by atoms with E-state index < -0.39 is 100 Å². The van der Waals surface area contributed by atoms with Crippen LogP contribution in [-0.4, -0.2) is 116 Å². The first kappa shape index (κ1) is 52.6. The molecule has 1 fully saturated rings. The Morgan fingerprint density at radius 3 is 1.88 bits per heavy atom. The van der Waals surface area contributed by atoms with Crippen LogP contribution in [0.15, 0.2) is 42.1 Å². The van der Waals surface area contributed by atoms with Crippen LogP contribution < -0.4 is 10.6 Å². The van der Waals surface area contributed by atoms with Crippen molar-refractivity contribution in [3.05, 3.63) is 47.7 Å². The average Bonchev–Trinajstić information content (AvgIpc) is 3.66. The average molecular weight is 895 g/mol. The Morgan fingerprint density at radius 1 is 0.812 bits per heavy atom. The maximum Gasteiger partial charge on any atom is 0.410 e. The van der Waals surface area contributed by atoms with Crippen LogP contribution >= 0.6 is 0 Å². The van der Waals surface area contributed by atoms with E-state index in [2.05, 4.69) is 10.6 Å².